The fourth-order valence-corrected chi connectivity index (χ4v) is 2.54. The number of hydrogen-bond donors (Lipinski definition) is 3. The number of amides is 1. The van der Waals surface area contributed by atoms with E-state index in [9.17, 15) is 9.18 Å². The second-order valence-electron chi connectivity index (χ2n) is 6.46. The van der Waals surface area contributed by atoms with E-state index in [1.54, 1.807) is 30.6 Å². The number of aromatic amines is 1. The molecule has 5 nitrogen and oxygen atoms in total. The van der Waals surface area contributed by atoms with Crippen molar-refractivity contribution < 1.29 is 9.18 Å². The molecule has 1 aromatic carbocycles. The summed E-state index contributed by atoms with van der Waals surface area (Å²) in [5, 5.41) is 2.77. The second kappa shape index (κ2) is 7.66. The van der Waals surface area contributed by atoms with Gasteiger partial charge in [0.2, 0.25) is 0 Å². The standard InChI is InChI=1S/C18H19FN4O.C2H6/c1-10-15(22-9-21-10)8-12-16-11(6-7-18(2,3)20)13(19)4-5-14(16)23-17(12)24;1-2/h4-9H,20H2,1-3H3,(H,21,22)(H,23,24);1-2H3/b7-6?,12-8-;. The van der Waals surface area contributed by atoms with Gasteiger partial charge in [0.25, 0.3) is 5.91 Å². The average molecular weight is 356 g/mol. The minimum atomic E-state index is -0.589. The van der Waals surface area contributed by atoms with Gasteiger partial charge in [0.15, 0.2) is 0 Å². The molecule has 0 bridgehead atoms. The number of imidazole rings is 1. The number of nitrogens with one attached hydrogen (secondary N) is 2. The number of carbonyl (C=O) groups is 1. The molecule has 1 amide bonds. The second-order valence-corrected chi connectivity index (χ2v) is 6.46. The molecule has 0 atom stereocenters. The summed E-state index contributed by atoms with van der Waals surface area (Å²) in [5.74, 6) is -0.685. The monoisotopic (exact) mass is 356 g/mol. The summed E-state index contributed by atoms with van der Waals surface area (Å²) in [7, 11) is 0. The summed E-state index contributed by atoms with van der Waals surface area (Å²) < 4.78 is 14.4. The van der Waals surface area contributed by atoms with Crippen LogP contribution in [0.1, 0.15) is 50.2 Å². The first-order chi connectivity index (χ1) is 12.3. The lowest BCUT2D eigenvalue weighted by Crippen LogP contribution is -2.28. The molecule has 0 radical (unpaired) electrons. The van der Waals surface area contributed by atoms with Crippen LogP contribution in [0.25, 0.3) is 17.7 Å². The minimum Gasteiger partial charge on any atom is -0.348 e. The summed E-state index contributed by atoms with van der Waals surface area (Å²) in [4.78, 5) is 19.5. The molecule has 0 spiro atoms. The Morgan fingerprint density at radius 1 is 1.27 bits per heavy atom. The molecule has 0 saturated carbocycles. The largest absolute Gasteiger partial charge is 0.348 e. The number of H-pyrrole nitrogens is 1. The number of benzene rings is 1. The summed E-state index contributed by atoms with van der Waals surface area (Å²) in [5.41, 5.74) is 8.67. The highest BCUT2D eigenvalue weighted by Gasteiger charge is 2.28. The molecule has 26 heavy (non-hydrogen) atoms. The van der Waals surface area contributed by atoms with E-state index < -0.39 is 11.4 Å². The highest BCUT2D eigenvalue weighted by atomic mass is 19.1. The summed E-state index contributed by atoms with van der Waals surface area (Å²) in [6.45, 7) is 9.49. The van der Waals surface area contributed by atoms with Crippen LogP contribution in [0.3, 0.4) is 0 Å². The zero-order chi connectivity index (χ0) is 19.5. The number of nitrogens with zero attached hydrogens (tertiary/aromatic N) is 1. The Morgan fingerprint density at radius 2 is 1.96 bits per heavy atom. The van der Waals surface area contributed by atoms with Crippen LogP contribution >= 0.6 is 0 Å². The Morgan fingerprint density at radius 3 is 2.54 bits per heavy atom. The fraction of sp³-hybridized carbons (Fsp3) is 0.300. The summed E-state index contributed by atoms with van der Waals surface area (Å²) in [6.07, 6.45) is 6.56. The Kier molecular flexibility index (Phi) is 5.77. The van der Waals surface area contributed by atoms with Crippen LogP contribution in [0.15, 0.2) is 24.5 Å². The van der Waals surface area contributed by atoms with Crippen molar-refractivity contribution in [2.75, 3.05) is 5.32 Å². The van der Waals surface area contributed by atoms with Gasteiger partial charge in [-0.2, -0.15) is 0 Å². The van der Waals surface area contributed by atoms with Crippen molar-refractivity contribution in [3.63, 3.8) is 0 Å². The molecule has 0 fully saturated rings. The Hall–Kier alpha value is -2.73. The van der Waals surface area contributed by atoms with Gasteiger partial charge in [0.1, 0.15) is 5.82 Å². The molecule has 1 aromatic heterocycles. The van der Waals surface area contributed by atoms with Crippen LogP contribution in [-0.4, -0.2) is 21.4 Å². The van der Waals surface area contributed by atoms with Crippen molar-refractivity contribution in [2.24, 2.45) is 5.73 Å². The molecule has 0 unspecified atom stereocenters. The van der Waals surface area contributed by atoms with Crippen molar-refractivity contribution in [3.8, 4) is 0 Å². The van der Waals surface area contributed by atoms with Gasteiger partial charge in [-0.05, 0) is 39.0 Å². The smallest absolute Gasteiger partial charge is 0.256 e. The van der Waals surface area contributed by atoms with Crippen molar-refractivity contribution in [1.82, 2.24) is 9.97 Å². The molecular weight excluding hydrogens is 331 g/mol. The van der Waals surface area contributed by atoms with Crippen LogP contribution in [0.5, 0.6) is 0 Å². The number of aromatic nitrogens is 2. The van der Waals surface area contributed by atoms with E-state index in [-0.39, 0.29) is 5.91 Å². The van der Waals surface area contributed by atoms with E-state index in [1.165, 1.54) is 6.07 Å². The van der Waals surface area contributed by atoms with Crippen molar-refractivity contribution in [2.45, 2.75) is 40.2 Å². The lowest BCUT2D eigenvalue weighted by molar-refractivity contribution is -0.110. The topological polar surface area (TPSA) is 83.8 Å². The molecule has 3 rings (SSSR count). The number of nitrogens with two attached hydrogens (primary N) is 1. The molecule has 6 heteroatoms. The third-order valence-electron chi connectivity index (χ3n) is 3.78. The van der Waals surface area contributed by atoms with Gasteiger partial charge in [-0.25, -0.2) is 9.37 Å². The molecule has 4 N–H and O–H groups in total. The lowest BCUT2D eigenvalue weighted by atomic mass is 9.96. The lowest BCUT2D eigenvalue weighted by Gasteiger charge is -2.13. The molecule has 0 aliphatic carbocycles. The van der Waals surface area contributed by atoms with Gasteiger partial charge < -0.3 is 16.0 Å². The van der Waals surface area contributed by atoms with E-state index in [1.807, 2.05) is 34.6 Å². The zero-order valence-corrected chi connectivity index (χ0v) is 15.8. The van der Waals surface area contributed by atoms with E-state index >= 15 is 0 Å². The Balaban J connectivity index is 0.00000117. The van der Waals surface area contributed by atoms with E-state index in [0.717, 1.165) is 5.69 Å². The molecule has 138 valence electrons. The molecule has 1 aliphatic heterocycles. The Bertz CT molecular complexity index is 872. The number of rotatable bonds is 3. The normalized spacial score (nSPS) is 15.0. The predicted octanol–water partition coefficient (Wildman–Crippen LogP) is 4.13. The quantitative estimate of drug-likeness (QED) is 0.723. The molecular formula is C20H25FN4O. The van der Waals surface area contributed by atoms with E-state index in [0.29, 0.717) is 28.1 Å². The van der Waals surface area contributed by atoms with Gasteiger partial charge in [-0.3, -0.25) is 4.79 Å². The highest BCUT2D eigenvalue weighted by molar-refractivity contribution is 6.35. The third-order valence-corrected chi connectivity index (χ3v) is 3.78. The third kappa shape index (κ3) is 4.08. The van der Waals surface area contributed by atoms with Crippen LogP contribution in [-0.2, 0) is 4.79 Å². The van der Waals surface area contributed by atoms with Crippen molar-refractivity contribution in [1.29, 1.82) is 0 Å². The number of halogens is 1. The predicted molar refractivity (Wildman–Crippen MR) is 105 cm³/mol. The van der Waals surface area contributed by atoms with Crippen molar-refractivity contribution >= 4 is 29.3 Å². The minimum absolute atomic E-state index is 0.278. The number of anilines is 1. The van der Waals surface area contributed by atoms with Crippen LogP contribution in [0.4, 0.5) is 10.1 Å². The molecule has 1 aliphatic rings. The summed E-state index contributed by atoms with van der Waals surface area (Å²) >= 11 is 0. The maximum Gasteiger partial charge on any atom is 0.256 e. The number of aryl methyl sites for hydroxylation is 1. The zero-order valence-electron chi connectivity index (χ0n) is 15.8. The van der Waals surface area contributed by atoms with Crippen LogP contribution in [0.2, 0.25) is 0 Å². The van der Waals surface area contributed by atoms with Crippen LogP contribution in [0, 0.1) is 12.7 Å². The number of carbonyl (C=O) groups excluding carboxylic acids is 1. The average Bonchev–Trinajstić information content (AvgIpc) is 3.12. The van der Waals surface area contributed by atoms with Gasteiger partial charge in [0, 0.05) is 28.0 Å². The molecule has 0 saturated heterocycles. The summed E-state index contributed by atoms with van der Waals surface area (Å²) in [6, 6.07) is 2.90. The Labute approximate surface area is 153 Å². The van der Waals surface area contributed by atoms with Gasteiger partial charge in [-0.1, -0.05) is 26.0 Å². The first-order valence-corrected chi connectivity index (χ1v) is 8.60. The van der Waals surface area contributed by atoms with Gasteiger partial charge in [0.05, 0.1) is 17.6 Å². The number of fused-ring (bicyclic) bond motifs is 1. The first-order valence-electron chi connectivity index (χ1n) is 8.60. The number of hydrogen-bond acceptors (Lipinski definition) is 3. The van der Waals surface area contributed by atoms with Crippen molar-refractivity contribution in [3.05, 3.63) is 52.9 Å². The fourth-order valence-electron chi connectivity index (χ4n) is 2.54. The first kappa shape index (κ1) is 19.6. The maximum absolute atomic E-state index is 14.4. The maximum atomic E-state index is 14.4. The van der Waals surface area contributed by atoms with E-state index in [4.69, 9.17) is 5.73 Å². The molecule has 2 aromatic rings. The van der Waals surface area contributed by atoms with Gasteiger partial charge >= 0.3 is 0 Å². The SMILES string of the molecule is CC.Cc1[nH]cnc1/C=C1\C(=O)Nc2ccc(F)c(C=CC(C)(C)N)c21. The highest BCUT2D eigenvalue weighted by Crippen LogP contribution is 2.37. The molecule has 2 heterocycles. The van der Waals surface area contributed by atoms with Gasteiger partial charge in [-0.15, -0.1) is 0 Å². The van der Waals surface area contributed by atoms with Crippen LogP contribution < -0.4 is 11.1 Å². The van der Waals surface area contributed by atoms with E-state index in [2.05, 4.69) is 15.3 Å².